The zero-order chi connectivity index (χ0) is 13.4. The summed E-state index contributed by atoms with van der Waals surface area (Å²) >= 11 is 3.33. The maximum atomic E-state index is 13.1. The van der Waals surface area contributed by atoms with E-state index >= 15 is 0 Å². The van der Waals surface area contributed by atoms with E-state index in [1.807, 2.05) is 12.1 Å². The molecule has 19 heavy (non-hydrogen) atoms. The van der Waals surface area contributed by atoms with E-state index in [0.717, 1.165) is 9.86 Å². The predicted molar refractivity (Wildman–Crippen MR) is 75.8 cm³/mol. The van der Waals surface area contributed by atoms with E-state index in [-0.39, 0.29) is 11.6 Å². The van der Waals surface area contributed by atoms with Crippen molar-refractivity contribution in [3.8, 4) is 0 Å². The van der Waals surface area contributed by atoms with Crippen molar-refractivity contribution in [2.45, 2.75) is 0 Å². The van der Waals surface area contributed by atoms with Crippen LogP contribution in [0.2, 0.25) is 0 Å². The van der Waals surface area contributed by atoms with Crippen molar-refractivity contribution in [2.24, 2.45) is 0 Å². The molecule has 2 aromatic carbocycles. The van der Waals surface area contributed by atoms with E-state index in [0.29, 0.717) is 16.6 Å². The summed E-state index contributed by atoms with van der Waals surface area (Å²) in [5.74, 6) is -0.401. The van der Waals surface area contributed by atoms with E-state index in [4.69, 9.17) is 0 Å². The number of rotatable bonds is 2. The largest absolute Gasteiger partial charge is 0.360 e. The monoisotopic (exact) mass is 317 g/mol. The molecule has 0 aliphatic heterocycles. The van der Waals surface area contributed by atoms with Crippen LogP contribution in [0.15, 0.2) is 53.1 Å². The van der Waals surface area contributed by atoms with Crippen molar-refractivity contribution in [3.63, 3.8) is 0 Å². The fourth-order valence-corrected chi connectivity index (χ4v) is 2.31. The van der Waals surface area contributed by atoms with Gasteiger partial charge in [0, 0.05) is 32.7 Å². The summed E-state index contributed by atoms with van der Waals surface area (Å²) in [6.07, 6.45) is 1.62. The van der Waals surface area contributed by atoms with Gasteiger partial charge < -0.3 is 4.98 Å². The van der Waals surface area contributed by atoms with Gasteiger partial charge in [0.05, 0.1) is 0 Å². The minimum Gasteiger partial charge on any atom is -0.360 e. The lowest BCUT2D eigenvalue weighted by molar-refractivity contribution is 0.104. The Bertz CT molecular complexity index is 761. The lowest BCUT2D eigenvalue weighted by atomic mass is 10.0. The zero-order valence-corrected chi connectivity index (χ0v) is 11.4. The molecule has 0 fully saturated rings. The van der Waals surface area contributed by atoms with E-state index < -0.39 is 0 Å². The van der Waals surface area contributed by atoms with Crippen LogP contribution in [-0.2, 0) is 0 Å². The first-order valence-corrected chi connectivity index (χ1v) is 6.51. The van der Waals surface area contributed by atoms with Gasteiger partial charge in [-0.2, -0.15) is 0 Å². The van der Waals surface area contributed by atoms with Gasteiger partial charge in [-0.05, 0) is 42.5 Å². The normalized spacial score (nSPS) is 10.8. The topological polar surface area (TPSA) is 32.9 Å². The van der Waals surface area contributed by atoms with Crippen LogP contribution in [0.4, 0.5) is 4.39 Å². The van der Waals surface area contributed by atoms with Gasteiger partial charge in [0.2, 0.25) is 0 Å². The van der Waals surface area contributed by atoms with E-state index in [9.17, 15) is 9.18 Å². The van der Waals surface area contributed by atoms with Gasteiger partial charge in [-0.25, -0.2) is 4.39 Å². The van der Waals surface area contributed by atoms with Crippen molar-refractivity contribution >= 4 is 32.6 Å². The number of fused-ring (bicyclic) bond motifs is 1. The second kappa shape index (κ2) is 4.63. The van der Waals surface area contributed by atoms with Crippen LogP contribution in [0.3, 0.4) is 0 Å². The first kappa shape index (κ1) is 12.1. The first-order chi connectivity index (χ1) is 9.15. The Morgan fingerprint density at radius 2 is 1.84 bits per heavy atom. The van der Waals surface area contributed by atoms with Crippen LogP contribution in [0, 0.1) is 5.82 Å². The third-order valence-corrected chi connectivity index (χ3v) is 3.52. The molecule has 0 radical (unpaired) electrons. The molecule has 4 heteroatoms. The van der Waals surface area contributed by atoms with Crippen molar-refractivity contribution in [1.82, 2.24) is 4.98 Å². The van der Waals surface area contributed by atoms with Crippen molar-refractivity contribution in [3.05, 3.63) is 70.1 Å². The summed E-state index contributed by atoms with van der Waals surface area (Å²) < 4.78 is 14.0. The van der Waals surface area contributed by atoms with E-state index in [2.05, 4.69) is 20.9 Å². The number of nitrogens with one attached hydrogen (secondary N) is 1. The van der Waals surface area contributed by atoms with Gasteiger partial charge in [-0.15, -0.1) is 0 Å². The molecule has 94 valence electrons. The van der Waals surface area contributed by atoms with Crippen molar-refractivity contribution in [1.29, 1.82) is 0 Å². The molecule has 0 unspecified atom stereocenters. The number of hydrogen-bond donors (Lipinski definition) is 1. The maximum Gasteiger partial charge on any atom is 0.195 e. The maximum absolute atomic E-state index is 13.1. The number of aromatic amines is 1. The molecule has 0 saturated heterocycles. The highest BCUT2D eigenvalue weighted by atomic mass is 79.9. The molecule has 1 aromatic heterocycles. The lowest BCUT2D eigenvalue weighted by Gasteiger charge is -2.00. The Hall–Kier alpha value is -1.94. The third kappa shape index (κ3) is 2.19. The number of hydrogen-bond acceptors (Lipinski definition) is 1. The van der Waals surface area contributed by atoms with Gasteiger partial charge in [0.25, 0.3) is 0 Å². The van der Waals surface area contributed by atoms with Crippen molar-refractivity contribution in [2.75, 3.05) is 0 Å². The molecule has 1 N–H and O–H groups in total. The molecule has 3 rings (SSSR count). The highest BCUT2D eigenvalue weighted by Gasteiger charge is 2.14. The quantitative estimate of drug-likeness (QED) is 0.702. The molecule has 0 saturated carbocycles. The summed E-state index contributed by atoms with van der Waals surface area (Å²) in [5, 5.41) is 0.731. The number of carbonyl (C=O) groups excluding carboxylic acids is 1. The van der Waals surface area contributed by atoms with Gasteiger partial charge in [0.1, 0.15) is 5.82 Å². The Morgan fingerprint density at radius 3 is 2.58 bits per heavy atom. The summed E-state index contributed by atoms with van der Waals surface area (Å²) in [5.41, 5.74) is 1.78. The zero-order valence-electron chi connectivity index (χ0n) is 9.78. The van der Waals surface area contributed by atoms with Crippen LogP contribution in [0.5, 0.6) is 0 Å². The SMILES string of the molecule is O=C(c1ccc(Br)cc1)c1c[nH]c2cc(F)ccc12. The van der Waals surface area contributed by atoms with Crippen molar-refractivity contribution < 1.29 is 9.18 Å². The van der Waals surface area contributed by atoms with E-state index in [1.54, 1.807) is 24.4 Å². The molecule has 0 bridgehead atoms. The summed E-state index contributed by atoms with van der Waals surface area (Å²) in [6.45, 7) is 0. The number of ketones is 1. The predicted octanol–water partition coefficient (Wildman–Crippen LogP) is 4.30. The molecule has 0 amide bonds. The van der Waals surface area contributed by atoms with Gasteiger partial charge in [-0.1, -0.05) is 15.9 Å². The molecule has 2 nitrogen and oxygen atoms in total. The number of halogens is 2. The summed E-state index contributed by atoms with van der Waals surface area (Å²) in [4.78, 5) is 15.3. The summed E-state index contributed by atoms with van der Waals surface area (Å²) in [6, 6.07) is 11.5. The van der Waals surface area contributed by atoms with Gasteiger partial charge >= 0.3 is 0 Å². The molecule has 0 aliphatic rings. The van der Waals surface area contributed by atoms with Gasteiger partial charge in [-0.3, -0.25) is 4.79 Å². The van der Waals surface area contributed by atoms with Crippen LogP contribution in [0.1, 0.15) is 15.9 Å². The average molecular weight is 318 g/mol. The molecule has 1 heterocycles. The lowest BCUT2D eigenvalue weighted by Crippen LogP contribution is -1.99. The smallest absolute Gasteiger partial charge is 0.195 e. The molecule has 0 atom stereocenters. The van der Waals surface area contributed by atoms with Gasteiger partial charge in [0.15, 0.2) is 5.78 Å². The standard InChI is InChI=1S/C15H9BrFNO/c16-10-3-1-9(2-4-10)15(19)13-8-18-14-7-11(17)5-6-12(13)14/h1-8,18H. The number of benzene rings is 2. The first-order valence-electron chi connectivity index (χ1n) is 5.72. The fraction of sp³-hybridized carbons (Fsp3) is 0. The Labute approximate surface area is 117 Å². The highest BCUT2D eigenvalue weighted by Crippen LogP contribution is 2.22. The minimum atomic E-state index is -0.322. The molecule has 3 aromatic rings. The van der Waals surface area contributed by atoms with Crippen LogP contribution >= 0.6 is 15.9 Å². The molecular weight excluding hydrogens is 309 g/mol. The third-order valence-electron chi connectivity index (χ3n) is 2.99. The van der Waals surface area contributed by atoms with Crippen LogP contribution in [0.25, 0.3) is 10.9 Å². The highest BCUT2D eigenvalue weighted by molar-refractivity contribution is 9.10. The second-order valence-electron chi connectivity index (χ2n) is 4.23. The van der Waals surface area contributed by atoms with Crippen LogP contribution in [-0.4, -0.2) is 10.8 Å². The molecule has 0 spiro atoms. The number of H-pyrrole nitrogens is 1. The average Bonchev–Trinajstić information content (AvgIpc) is 2.81. The number of carbonyl (C=O) groups is 1. The van der Waals surface area contributed by atoms with Crippen LogP contribution < -0.4 is 0 Å². The summed E-state index contributed by atoms with van der Waals surface area (Å²) in [7, 11) is 0. The molecule has 0 aliphatic carbocycles. The Kier molecular flexibility index (Phi) is 2.95. The number of aromatic nitrogens is 1. The Morgan fingerprint density at radius 1 is 1.11 bits per heavy atom. The molecular formula is C15H9BrFNO. The second-order valence-corrected chi connectivity index (χ2v) is 5.14. The minimum absolute atomic E-state index is 0.0784. The fourth-order valence-electron chi connectivity index (χ4n) is 2.04. The van der Waals surface area contributed by atoms with E-state index in [1.165, 1.54) is 12.1 Å². The Balaban J connectivity index is 2.09.